The average Bonchev–Trinajstić information content (AvgIpc) is 2.73. The van der Waals surface area contributed by atoms with Gasteiger partial charge in [-0.15, -0.1) is 0 Å². The van der Waals surface area contributed by atoms with Crippen molar-refractivity contribution in [2.24, 2.45) is 15.1 Å². The Morgan fingerprint density at radius 3 is 3.30 bits per heavy atom. The smallest absolute Gasteiger partial charge is 0.275 e. The van der Waals surface area contributed by atoms with Gasteiger partial charge in [0.25, 0.3) is 11.6 Å². The van der Waals surface area contributed by atoms with E-state index in [1.807, 2.05) is 0 Å². The van der Waals surface area contributed by atoms with Crippen molar-refractivity contribution in [3.63, 3.8) is 0 Å². The van der Waals surface area contributed by atoms with Crippen LogP contribution in [0, 0.1) is 0 Å². The van der Waals surface area contributed by atoms with Crippen LogP contribution in [-0.4, -0.2) is 33.7 Å². The van der Waals surface area contributed by atoms with Crippen LogP contribution in [0.15, 0.2) is 15.1 Å². The second-order valence-corrected chi connectivity index (χ2v) is 3.08. The number of hydrogen-bond donors (Lipinski definition) is 0. The molecule has 5 aliphatic heterocycles. The highest BCUT2D eigenvalue weighted by atomic mass is 16.7. The zero-order chi connectivity index (χ0) is 6.14. The van der Waals surface area contributed by atoms with E-state index in [-0.39, 0.29) is 11.2 Å². The first-order valence-electron chi connectivity index (χ1n) is 3.18. The van der Waals surface area contributed by atoms with Crippen molar-refractivity contribution in [1.29, 1.82) is 0 Å². The molecule has 0 aromatic carbocycles. The van der Waals surface area contributed by atoms with E-state index < -0.39 is 0 Å². The molecule has 10 heavy (non-hydrogen) atoms. The number of hydrogen-bond acceptors (Lipinski definition) is 5. The molecule has 0 aromatic rings. The lowest BCUT2D eigenvalue weighted by Gasteiger charge is -2.15. The lowest BCUT2D eigenvalue weighted by Crippen LogP contribution is -2.44. The van der Waals surface area contributed by atoms with Crippen LogP contribution in [0.25, 0.3) is 0 Å². The highest BCUT2D eigenvalue weighted by Gasteiger charge is 3.10. The molecule has 5 heterocycles. The Bertz CT molecular complexity index is 421. The molecule has 5 heteroatoms. The second-order valence-electron chi connectivity index (χ2n) is 3.08. The Kier molecular flexibility index (Phi) is 0.147. The average molecular weight is 132 g/mol. The summed E-state index contributed by atoms with van der Waals surface area (Å²) in [5.41, 5.74) is 0.0434. The van der Waals surface area contributed by atoms with E-state index in [1.54, 1.807) is 0 Å². The van der Waals surface area contributed by atoms with Crippen LogP contribution in [0.4, 0.5) is 0 Å². The summed E-state index contributed by atoms with van der Waals surface area (Å²) in [6.45, 7) is 0. The minimum atomic E-state index is -0.0405. The maximum absolute atomic E-state index is 4.93. The Hall–Kier alpha value is -1.39. The second kappa shape index (κ2) is 0.470. The molecule has 2 unspecified atom stereocenters. The zero-order valence-corrected chi connectivity index (χ0v) is 4.70. The summed E-state index contributed by atoms with van der Waals surface area (Å²) in [6.07, 6.45) is 0. The first-order chi connectivity index (χ1) is 4.92. The molecule has 0 aromatic heterocycles. The molecular formula is C5N4O. The third kappa shape index (κ3) is 0.0845. The summed E-state index contributed by atoms with van der Waals surface area (Å²) in [5, 5.41) is 3.81. The molecule has 0 N–H and O–H groups in total. The fourth-order valence-corrected chi connectivity index (χ4v) is 2.21. The fourth-order valence-electron chi connectivity index (χ4n) is 2.21. The number of amidine groups is 2. The Morgan fingerprint density at radius 1 is 1.50 bits per heavy atom. The van der Waals surface area contributed by atoms with Crippen LogP contribution in [-0.2, 0) is 4.84 Å². The standard InChI is InChI=1S/C5N4O/c6-1-4-2(6)9(4)5(4)3(7-5)10-8-1. The van der Waals surface area contributed by atoms with E-state index in [9.17, 15) is 0 Å². The van der Waals surface area contributed by atoms with E-state index in [4.69, 9.17) is 4.84 Å². The summed E-state index contributed by atoms with van der Waals surface area (Å²) in [5.74, 6) is 2.77. The predicted molar refractivity (Wildman–Crippen MR) is 30.7 cm³/mol. The predicted octanol–water partition coefficient (Wildman–Crippen LogP) is -1.08. The van der Waals surface area contributed by atoms with Gasteiger partial charge in [-0.25, -0.2) is 9.98 Å². The Morgan fingerprint density at radius 2 is 2.50 bits per heavy atom. The molecule has 2 atom stereocenters. The lowest BCUT2D eigenvalue weighted by atomic mass is 9.98. The van der Waals surface area contributed by atoms with Crippen molar-refractivity contribution < 1.29 is 4.84 Å². The van der Waals surface area contributed by atoms with Gasteiger partial charge in [0.05, 0.1) is 0 Å². The molecule has 5 nitrogen and oxygen atoms in total. The number of fused-ring (bicyclic) bond motifs is 1. The lowest BCUT2D eigenvalue weighted by molar-refractivity contribution is 0.319. The van der Waals surface area contributed by atoms with E-state index in [0.717, 1.165) is 17.6 Å². The van der Waals surface area contributed by atoms with Crippen LogP contribution in [0.5, 0.6) is 0 Å². The molecule has 5 aliphatic rings. The number of rotatable bonds is 0. The first-order valence-corrected chi connectivity index (χ1v) is 3.18. The van der Waals surface area contributed by atoms with Gasteiger partial charge in [-0.05, 0) is 0 Å². The molecule has 2 saturated heterocycles. The first kappa shape index (κ1) is 3.14. The third-order valence-corrected chi connectivity index (χ3v) is 2.86. The van der Waals surface area contributed by atoms with Gasteiger partial charge in [-0.3, -0.25) is 4.90 Å². The highest BCUT2D eigenvalue weighted by Crippen LogP contribution is 2.80. The SMILES string of the molecule is N1=C2ON=C3N=C4N5C12C345. The van der Waals surface area contributed by atoms with Gasteiger partial charge in [-0.2, -0.15) is 0 Å². The van der Waals surface area contributed by atoms with Crippen LogP contribution in [0.3, 0.4) is 0 Å². The summed E-state index contributed by atoms with van der Waals surface area (Å²) in [7, 11) is 0. The van der Waals surface area contributed by atoms with Crippen LogP contribution in [0.2, 0.25) is 0 Å². The summed E-state index contributed by atoms with van der Waals surface area (Å²) < 4.78 is 0. The van der Waals surface area contributed by atoms with Crippen molar-refractivity contribution >= 4 is 17.6 Å². The maximum atomic E-state index is 4.93. The van der Waals surface area contributed by atoms with Gasteiger partial charge in [0.2, 0.25) is 11.4 Å². The molecule has 0 saturated carbocycles. The van der Waals surface area contributed by atoms with Gasteiger partial charge in [-0.1, -0.05) is 5.16 Å². The molecule has 0 bridgehead atoms. The third-order valence-electron chi connectivity index (χ3n) is 2.86. The monoisotopic (exact) mass is 132 g/mol. The number of oxime groups is 1. The summed E-state index contributed by atoms with van der Waals surface area (Å²) in [4.78, 5) is 15.4. The van der Waals surface area contributed by atoms with Gasteiger partial charge in [0.1, 0.15) is 5.84 Å². The molecule has 0 aliphatic carbocycles. The van der Waals surface area contributed by atoms with E-state index in [0.29, 0.717) is 0 Å². The Balaban J connectivity index is 2.04. The topological polar surface area (TPSA) is 49.3 Å². The molecule has 2 spiro atoms. The van der Waals surface area contributed by atoms with E-state index in [1.165, 1.54) is 0 Å². The fraction of sp³-hybridized carbons (Fsp3) is 0.400. The van der Waals surface area contributed by atoms with Gasteiger partial charge in [0, 0.05) is 0 Å². The Labute approximate surface area is 54.7 Å². The van der Waals surface area contributed by atoms with Crippen molar-refractivity contribution in [1.82, 2.24) is 4.90 Å². The molecular weight excluding hydrogens is 132 g/mol. The number of nitrogens with zero attached hydrogens (tertiary/aromatic N) is 4. The zero-order valence-electron chi connectivity index (χ0n) is 4.70. The minimum Gasteiger partial charge on any atom is -0.335 e. The molecule has 2 fully saturated rings. The van der Waals surface area contributed by atoms with Crippen LogP contribution < -0.4 is 0 Å². The molecule has 5 rings (SSSR count). The largest absolute Gasteiger partial charge is 0.335 e. The maximum Gasteiger partial charge on any atom is 0.275 e. The quantitative estimate of drug-likeness (QED) is 0.393. The van der Waals surface area contributed by atoms with Crippen molar-refractivity contribution in [2.75, 3.05) is 0 Å². The van der Waals surface area contributed by atoms with Gasteiger partial charge < -0.3 is 4.84 Å². The van der Waals surface area contributed by atoms with Crippen molar-refractivity contribution in [2.45, 2.75) is 11.2 Å². The van der Waals surface area contributed by atoms with Crippen LogP contribution in [0.1, 0.15) is 0 Å². The summed E-state index contributed by atoms with van der Waals surface area (Å²) in [6, 6.07) is 0. The van der Waals surface area contributed by atoms with E-state index in [2.05, 4.69) is 20.0 Å². The van der Waals surface area contributed by atoms with Gasteiger partial charge in [0.15, 0.2) is 0 Å². The minimum absolute atomic E-state index is 0.0405. The summed E-state index contributed by atoms with van der Waals surface area (Å²) >= 11 is 0. The van der Waals surface area contributed by atoms with Gasteiger partial charge >= 0.3 is 0 Å². The number of aliphatic imine (C=N–C) groups is 2. The van der Waals surface area contributed by atoms with Crippen molar-refractivity contribution in [3.8, 4) is 0 Å². The van der Waals surface area contributed by atoms with Crippen LogP contribution >= 0.6 is 0 Å². The molecule has 46 valence electrons. The molecule has 0 amide bonds. The van der Waals surface area contributed by atoms with Crippen molar-refractivity contribution in [3.05, 3.63) is 0 Å². The van der Waals surface area contributed by atoms with E-state index >= 15 is 0 Å². The molecule has 0 radical (unpaired) electrons. The normalized spacial score (nSPS) is 59.2. The highest BCUT2D eigenvalue weighted by molar-refractivity contribution is 6.52.